The summed E-state index contributed by atoms with van der Waals surface area (Å²) in [6.07, 6.45) is 2.48. The van der Waals surface area contributed by atoms with Gasteiger partial charge in [0.25, 0.3) is 0 Å². The zero-order valence-corrected chi connectivity index (χ0v) is 9.37. The van der Waals surface area contributed by atoms with Gasteiger partial charge in [-0.25, -0.2) is 4.79 Å². The molecule has 0 spiro atoms. The molecule has 1 fully saturated rings. The van der Waals surface area contributed by atoms with Crippen molar-refractivity contribution in [3.8, 4) is 0 Å². The molecule has 1 aliphatic carbocycles. The molecule has 0 bridgehead atoms. The van der Waals surface area contributed by atoms with E-state index in [4.69, 9.17) is 4.74 Å². The second kappa shape index (κ2) is 3.68. The van der Waals surface area contributed by atoms with Crippen LogP contribution in [0.1, 0.15) is 27.2 Å². The van der Waals surface area contributed by atoms with Gasteiger partial charge in [-0.1, -0.05) is 6.08 Å². The largest absolute Gasteiger partial charge is 0.444 e. The van der Waals surface area contributed by atoms with Crippen LogP contribution in [0.3, 0.4) is 0 Å². The van der Waals surface area contributed by atoms with Crippen molar-refractivity contribution in [2.24, 2.45) is 5.92 Å². The number of amides is 1. The van der Waals surface area contributed by atoms with Crippen molar-refractivity contribution in [1.82, 2.24) is 5.32 Å². The fourth-order valence-electron chi connectivity index (χ4n) is 1.40. The molecule has 1 rings (SSSR count). The number of aldehydes is 1. The van der Waals surface area contributed by atoms with Crippen LogP contribution in [0.15, 0.2) is 12.7 Å². The Morgan fingerprint density at radius 1 is 1.60 bits per heavy atom. The second-order valence-corrected chi connectivity index (χ2v) is 4.83. The van der Waals surface area contributed by atoms with Gasteiger partial charge in [-0.3, -0.25) is 0 Å². The first kappa shape index (κ1) is 11.8. The van der Waals surface area contributed by atoms with Crippen molar-refractivity contribution in [3.63, 3.8) is 0 Å². The number of carbonyl (C=O) groups is 2. The zero-order chi connectivity index (χ0) is 11.7. The smallest absolute Gasteiger partial charge is 0.408 e. The van der Waals surface area contributed by atoms with E-state index in [0.29, 0.717) is 6.42 Å². The van der Waals surface area contributed by atoms with Crippen LogP contribution in [0, 0.1) is 5.92 Å². The Morgan fingerprint density at radius 3 is 2.53 bits per heavy atom. The van der Waals surface area contributed by atoms with Crippen molar-refractivity contribution < 1.29 is 14.3 Å². The first-order chi connectivity index (χ1) is 6.83. The van der Waals surface area contributed by atoms with Crippen LogP contribution in [-0.2, 0) is 9.53 Å². The molecule has 1 aliphatic rings. The zero-order valence-electron chi connectivity index (χ0n) is 9.37. The highest BCUT2D eigenvalue weighted by molar-refractivity contribution is 5.80. The topological polar surface area (TPSA) is 55.4 Å². The number of rotatable bonds is 3. The summed E-state index contributed by atoms with van der Waals surface area (Å²) in [4.78, 5) is 22.2. The molecule has 0 radical (unpaired) electrons. The minimum atomic E-state index is -0.774. The molecule has 1 unspecified atom stereocenters. The number of hydrogen-bond acceptors (Lipinski definition) is 3. The van der Waals surface area contributed by atoms with Gasteiger partial charge in [0, 0.05) is 5.92 Å². The van der Waals surface area contributed by atoms with Crippen molar-refractivity contribution in [2.75, 3.05) is 0 Å². The molecule has 1 saturated carbocycles. The van der Waals surface area contributed by atoms with E-state index in [2.05, 4.69) is 11.9 Å². The molecule has 1 amide bonds. The minimum absolute atomic E-state index is 0.0301. The summed E-state index contributed by atoms with van der Waals surface area (Å²) in [5, 5.41) is 2.57. The van der Waals surface area contributed by atoms with E-state index in [0.717, 1.165) is 6.29 Å². The van der Waals surface area contributed by atoms with E-state index in [1.165, 1.54) is 0 Å². The summed E-state index contributed by atoms with van der Waals surface area (Å²) < 4.78 is 5.06. The van der Waals surface area contributed by atoms with E-state index < -0.39 is 17.2 Å². The predicted octanol–water partition coefficient (Wildman–Crippen LogP) is 1.65. The van der Waals surface area contributed by atoms with Gasteiger partial charge in [-0.15, -0.1) is 6.58 Å². The highest BCUT2D eigenvalue weighted by atomic mass is 16.6. The van der Waals surface area contributed by atoms with Gasteiger partial charge >= 0.3 is 6.09 Å². The first-order valence-electron chi connectivity index (χ1n) is 4.93. The predicted molar refractivity (Wildman–Crippen MR) is 56.5 cm³/mol. The molecule has 0 aromatic carbocycles. The fourth-order valence-corrected chi connectivity index (χ4v) is 1.40. The fraction of sp³-hybridized carbons (Fsp3) is 0.636. The molecule has 0 aliphatic heterocycles. The van der Waals surface area contributed by atoms with Crippen molar-refractivity contribution >= 4 is 12.4 Å². The Morgan fingerprint density at radius 2 is 2.20 bits per heavy atom. The van der Waals surface area contributed by atoms with E-state index in [1.807, 2.05) is 0 Å². The van der Waals surface area contributed by atoms with Crippen LogP contribution < -0.4 is 5.32 Å². The number of nitrogens with one attached hydrogen (secondary N) is 1. The summed E-state index contributed by atoms with van der Waals surface area (Å²) in [6, 6.07) is 0. The van der Waals surface area contributed by atoms with Crippen LogP contribution >= 0.6 is 0 Å². The van der Waals surface area contributed by atoms with Gasteiger partial charge in [0.05, 0.1) is 0 Å². The van der Waals surface area contributed by atoms with E-state index in [9.17, 15) is 9.59 Å². The van der Waals surface area contributed by atoms with E-state index in [-0.39, 0.29) is 5.92 Å². The summed E-state index contributed by atoms with van der Waals surface area (Å²) in [6.45, 7) is 8.92. The monoisotopic (exact) mass is 211 g/mol. The molecular formula is C11H17NO3. The molecular weight excluding hydrogens is 194 g/mol. The number of hydrogen-bond donors (Lipinski definition) is 1. The molecule has 1 N–H and O–H groups in total. The van der Waals surface area contributed by atoms with Crippen molar-refractivity contribution in [3.05, 3.63) is 12.7 Å². The number of carbonyl (C=O) groups excluding carboxylic acids is 2. The quantitative estimate of drug-likeness (QED) is 0.570. The van der Waals surface area contributed by atoms with E-state index >= 15 is 0 Å². The molecule has 4 heteroatoms. The van der Waals surface area contributed by atoms with Gasteiger partial charge in [-0.2, -0.15) is 0 Å². The normalized spacial score (nSPS) is 29.1. The second-order valence-electron chi connectivity index (χ2n) is 4.83. The Balaban J connectivity index is 2.52. The lowest BCUT2D eigenvalue weighted by Crippen LogP contribution is -2.42. The molecule has 15 heavy (non-hydrogen) atoms. The van der Waals surface area contributed by atoms with Crippen molar-refractivity contribution in [1.29, 1.82) is 0 Å². The molecule has 84 valence electrons. The Bertz CT molecular complexity index is 293. The summed E-state index contributed by atoms with van der Waals surface area (Å²) in [5.74, 6) is 0.0301. The third kappa shape index (κ3) is 2.81. The number of ether oxygens (including phenoxy) is 1. The molecule has 4 nitrogen and oxygen atoms in total. The van der Waals surface area contributed by atoms with Gasteiger partial charge < -0.3 is 14.8 Å². The molecule has 0 aromatic rings. The highest BCUT2D eigenvalue weighted by Crippen LogP contribution is 2.42. The van der Waals surface area contributed by atoms with E-state index in [1.54, 1.807) is 26.8 Å². The lowest BCUT2D eigenvalue weighted by molar-refractivity contribution is -0.110. The Labute approximate surface area is 89.7 Å². The summed E-state index contributed by atoms with van der Waals surface area (Å²) in [7, 11) is 0. The lowest BCUT2D eigenvalue weighted by Gasteiger charge is -2.21. The average molecular weight is 211 g/mol. The minimum Gasteiger partial charge on any atom is -0.444 e. The first-order valence-corrected chi connectivity index (χ1v) is 4.93. The van der Waals surface area contributed by atoms with Crippen LogP contribution in [0.2, 0.25) is 0 Å². The summed E-state index contributed by atoms with van der Waals surface area (Å²) in [5.41, 5.74) is -1.32. The van der Waals surface area contributed by atoms with Crippen molar-refractivity contribution in [2.45, 2.75) is 38.3 Å². The summed E-state index contributed by atoms with van der Waals surface area (Å²) >= 11 is 0. The molecule has 2 atom stereocenters. The lowest BCUT2D eigenvalue weighted by atomic mass is 10.2. The maximum Gasteiger partial charge on any atom is 0.408 e. The Kier molecular flexibility index (Phi) is 2.88. The molecule has 0 saturated heterocycles. The van der Waals surface area contributed by atoms with Gasteiger partial charge in [0.2, 0.25) is 0 Å². The maximum atomic E-state index is 11.4. The van der Waals surface area contributed by atoms with Crippen LogP contribution in [0.4, 0.5) is 4.79 Å². The van der Waals surface area contributed by atoms with Gasteiger partial charge in [-0.05, 0) is 27.2 Å². The molecule has 0 heterocycles. The highest BCUT2D eigenvalue weighted by Gasteiger charge is 2.54. The third-order valence-electron chi connectivity index (χ3n) is 2.29. The number of alkyl carbamates (subject to hydrolysis) is 1. The van der Waals surface area contributed by atoms with Crippen LogP contribution in [0.5, 0.6) is 0 Å². The maximum absolute atomic E-state index is 11.4. The van der Waals surface area contributed by atoms with Crippen LogP contribution in [0.25, 0.3) is 0 Å². The van der Waals surface area contributed by atoms with Gasteiger partial charge in [0.15, 0.2) is 0 Å². The Hall–Kier alpha value is -1.32. The molecule has 0 aromatic heterocycles. The average Bonchev–Trinajstić information content (AvgIpc) is 2.76. The standard InChI is InChI=1S/C11H17NO3/c1-5-8-6-11(8,7-13)12-9(14)15-10(2,3)4/h5,7-8H,1,6H2,2-4H3,(H,12,14)/t8?,11-/m0/s1. The third-order valence-corrected chi connectivity index (χ3v) is 2.29. The SMILES string of the molecule is C=CC1C[C@@]1(C=O)NC(=O)OC(C)(C)C. The van der Waals surface area contributed by atoms with Crippen LogP contribution in [-0.4, -0.2) is 23.5 Å². The van der Waals surface area contributed by atoms with Gasteiger partial charge in [0.1, 0.15) is 17.4 Å².